The van der Waals surface area contributed by atoms with E-state index in [1.54, 1.807) is 11.1 Å². The topological polar surface area (TPSA) is 57.3 Å². The summed E-state index contributed by atoms with van der Waals surface area (Å²) in [6.07, 6.45) is 4.63. The Balaban J connectivity index is 1.25. The average Bonchev–Trinajstić information content (AvgIpc) is 3.07. The highest BCUT2D eigenvalue weighted by Gasteiger charge is 2.50. The zero-order valence-electron chi connectivity index (χ0n) is 14.6. The maximum Gasteiger partial charge on any atom is 0.321 e. The Kier molecular flexibility index (Phi) is 5.01. The molecule has 8 heteroatoms. The summed E-state index contributed by atoms with van der Waals surface area (Å²) in [5, 5.41) is 6.18. The standard InChI is InChI=1S/C19H20F2N4OS/c20-16-4-3-14(6-17(16)21)24-18(26)25-11-19(12-25)7-15(10-27-19)23-9-13-2-1-5-22-8-13/h1-6,8,15,23H,7,9-12H2,(H,24,26). The summed E-state index contributed by atoms with van der Waals surface area (Å²) >= 11 is 1.90. The number of nitrogens with zero attached hydrogens (tertiary/aromatic N) is 2. The molecule has 0 aliphatic carbocycles. The van der Waals surface area contributed by atoms with Crippen LogP contribution in [-0.2, 0) is 6.54 Å². The van der Waals surface area contributed by atoms with Crippen molar-refractivity contribution >= 4 is 23.5 Å². The first-order chi connectivity index (χ1) is 13.0. The summed E-state index contributed by atoms with van der Waals surface area (Å²) in [6.45, 7) is 2.12. The van der Waals surface area contributed by atoms with Crippen molar-refractivity contribution in [2.75, 3.05) is 24.2 Å². The van der Waals surface area contributed by atoms with E-state index < -0.39 is 11.6 Å². The zero-order valence-corrected chi connectivity index (χ0v) is 15.4. The maximum atomic E-state index is 13.3. The lowest BCUT2D eigenvalue weighted by Crippen LogP contribution is -2.62. The predicted molar refractivity (Wildman–Crippen MR) is 102 cm³/mol. The van der Waals surface area contributed by atoms with E-state index in [1.807, 2.05) is 30.1 Å². The van der Waals surface area contributed by atoms with Crippen LogP contribution >= 0.6 is 11.8 Å². The summed E-state index contributed by atoms with van der Waals surface area (Å²) in [4.78, 5) is 18.1. The third kappa shape index (κ3) is 4.06. The highest BCUT2D eigenvalue weighted by molar-refractivity contribution is 8.01. The van der Waals surface area contributed by atoms with Gasteiger partial charge in [-0.25, -0.2) is 13.6 Å². The molecule has 2 aliphatic rings. The molecule has 2 aromatic rings. The van der Waals surface area contributed by atoms with Gasteiger partial charge in [0.25, 0.3) is 0 Å². The SMILES string of the molecule is O=C(Nc1ccc(F)c(F)c1)N1CC2(CC(NCc3cccnc3)CS2)C1. The number of amides is 2. The van der Waals surface area contributed by atoms with Crippen molar-refractivity contribution < 1.29 is 13.6 Å². The zero-order chi connectivity index (χ0) is 18.9. The molecule has 1 unspecified atom stereocenters. The number of hydrogen-bond donors (Lipinski definition) is 2. The fraction of sp³-hybridized carbons (Fsp3) is 0.368. The number of pyridine rings is 1. The Morgan fingerprint density at radius 3 is 2.89 bits per heavy atom. The van der Waals surface area contributed by atoms with Crippen LogP contribution in [0.15, 0.2) is 42.7 Å². The van der Waals surface area contributed by atoms with Gasteiger partial charge in [0.15, 0.2) is 11.6 Å². The molecule has 2 aliphatic heterocycles. The van der Waals surface area contributed by atoms with Crippen LogP contribution in [0, 0.1) is 11.6 Å². The van der Waals surface area contributed by atoms with Crippen molar-refractivity contribution in [2.24, 2.45) is 0 Å². The van der Waals surface area contributed by atoms with Crippen LogP contribution in [0.2, 0.25) is 0 Å². The number of halogens is 2. The van der Waals surface area contributed by atoms with Gasteiger partial charge in [-0.3, -0.25) is 4.98 Å². The second kappa shape index (κ2) is 7.44. The predicted octanol–water partition coefficient (Wildman–Crippen LogP) is 3.24. The molecule has 142 valence electrons. The molecule has 1 aromatic carbocycles. The molecule has 2 amide bonds. The minimum atomic E-state index is -0.971. The molecule has 5 nitrogen and oxygen atoms in total. The lowest BCUT2D eigenvalue weighted by atomic mass is 9.92. The third-order valence-electron chi connectivity index (χ3n) is 4.94. The lowest BCUT2D eigenvalue weighted by Gasteiger charge is -2.47. The number of thioether (sulfide) groups is 1. The highest BCUT2D eigenvalue weighted by Crippen LogP contribution is 2.45. The van der Waals surface area contributed by atoms with Gasteiger partial charge >= 0.3 is 6.03 Å². The van der Waals surface area contributed by atoms with Gasteiger partial charge in [0.05, 0.1) is 4.75 Å². The van der Waals surface area contributed by atoms with Crippen molar-refractivity contribution in [3.63, 3.8) is 0 Å². The fourth-order valence-corrected chi connectivity index (χ4v) is 5.13. The van der Waals surface area contributed by atoms with Gasteiger partial charge in [-0.15, -0.1) is 11.8 Å². The van der Waals surface area contributed by atoms with Gasteiger partial charge in [-0.1, -0.05) is 6.07 Å². The maximum absolute atomic E-state index is 13.3. The minimum Gasteiger partial charge on any atom is -0.322 e. The molecule has 0 radical (unpaired) electrons. The van der Waals surface area contributed by atoms with E-state index in [-0.39, 0.29) is 16.5 Å². The van der Waals surface area contributed by atoms with Crippen LogP contribution in [0.5, 0.6) is 0 Å². The van der Waals surface area contributed by atoms with Gasteiger partial charge in [0.1, 0.15) is 0 Å². The van der Waals surface area contributed by atoms with Crippen molar-refractivity contribution in [1.82, 2.24) is 15.2 Å². The smallest absolute Gasteiger partial charge is 0.321 e. The van der Waals surface area contributed by atoms with Crippen LogP contribution in [0.3, 0.4) is 0 Å². The molecule has 1 aromatic heterocycles. The summed E-state index contributed by atoms with van der Waals surface area (Å²) in [5.74, 6) is -0.886. The quantitative estimate of drug-likeness (QED) is 0.842. The van der Waals surface area contributed by atoms with E-state index in [9.17, 15) is 13.6 Å². The van der Waals surface area contributed by atoms with E-state index in [0.717, 1.165) is 36.4 Å². The first kappa shape index (κ1) is 18.2. The first-order valence-corrected chi connectivity index (χ1v) is 9.79. The number of likely N-dealkylation sites (tertiary alicyclic amines) is 1. The largest absolute Gasteiger partial charge is 0.322 e. The number of hydrogen-bond acceptors (Lipinski definition) is 4. The van der Waals surface area contributed by atoms with Gasteiger partial charge < -0.3 is 15.5 Å². The normalized spacial score (nSPS) is 20.5. The van der Waals surface area contributed by atoms with E-state index in [2.05, 4.69) is 15.6 Å². The summed E-state index contributed by atoms with van der Waals surface area (Å²) in [6, 6.07) is 7.46. The third-order valence-corrected chi connectivity index (χ3v) is 6.55. The van der Waals surface area contributed by atoms with Crippen LogP contribution in [0.25, 0.3) is 0 Å². The molecular weight excluding hydrogens is 370 g/mol. The van der Waals surface area contributed by atoms with Crippen molar-refractivity contribution in [3.8, 4) is 0 Å². The Bertz CT molecular complexity index is 830. The number of anilines is 1. The van der Waals surface area contributed by atoms with E-state index in [4.69, 9.17) is 0 Å². The van der Waals surface area contributed by atoms with Gasteiger partial charge in [0, 0.05) is 55.6 Å². The molecular formula is C19H20F2N4OS. The fourth-order valence-electron chi connectivity index (χ4n) is 3.53. The molecule has 2 saturated heterocycles. The molecule has 0 saturated carbocycles. The number of carbonyl (C=O) groups is 1. The number of nitrogens with one attached hydrogen (secondary N) is 2. The van der Waals surface area contributed by atoms with Gasteiger partial charge in [-0.2, -0.15) is 0 Å². The number of carbonyl (C=O) groups excluding carboxylic acids is 1. The first-order valence-electron chi connectivity index (χ1n) is 8.80. The number of aromatic nitrogens is 1. The second-order valence-electron chi connectivity index (χ2n) is 7.05. The minimum absolute atomic E-state index is 0.0952. The molecule has 2 N–H and O–H groups in total. The Morgan fingerprint density at radius 2 is 2.15 bits per heavy atom. The molecule has 2 fully saturated rings. The van der Waals surface area contributed by atoms with Crippen molar-refractivity contribution in [2.45, 2.75) is 23.8 Å². The van der Waals surface area contributed by atoms with E-state index >= 15 is 0 Å². The second-order valence-corrected chi connectivity index (χ2v) is 8.54. The molecule has 1 spiro atoms. The van der Waals surface area contributed by atoms with E-state index in [0.29, 0.717) is 19.1 Å². The molecule has 0 bridgehead atoms. The van der Waals surface area contributed by atoms with Gasteiger partial charge in [-0.05, 0) is 30.2 Å². The molecule has 3 heterocycles. The summed E-state index contributed by atoms with van der Waals surface area (Å²) < 4.78 is 26.3. The monoisotopic (exact) mass is 390 g/mol. The van der Waals surface area contributed by atoms with Gasteiger partial charge in [0.2, 0.25) is 0 Å². The van der Waals surface area contributed by atoms with Crippen LogP contribution in [0.4, 0.5) is 19.3 Å². The number of urea groups is 1. The van der Waals surface area contributed by atoms with Crippen LogP contribution < -0.4 is 10.6 Å². The molecule has 27 heavy (non-hydrogen) atoms. The van der Waals surface area contributed by atoms with Crippen molar-refractivity contribution in [1.29, 1.82) is 0 Å². The molecule has 4 rings (SSSR count). The van der Waals surface area contributed by atoms with E-state index in [1.165, 1.54) is 6.07 Å². The number of rotatable bonds is 4. The average molecular weight is 390 g/mol. The van der Waals surface area contributed by atoms with Crippen LogP contribution in [0.1, 0.15) is 12.0 Å². The molecule has 1 atom stereocenters. The Hall–Kier alpha value is -2.19. The Morgan fingerprint density at radius 1 is 1.30 bits per heavy atom. The number of benzene rings is 1. The van der Waals surface area contributed by atoms with Crippen LogP contribution in [-0.4, -0.2) is 45.5 Å². The summed E-state index contributed by atoms with van der Waals surface area (Å²) in [7, 11) is 0. The van der Waals surface area contributed by atoms with Crippen molar-refractivity contribution in [3.05, 3.63) is 59.9 Å². The highest BCUT2D eigenvalue weighted by atomic mass is 32.2. The lowest BCUT2D eigenvalue weighted by molar-refractivity contribution is 0.144. The Labute approximate surface area is 160 Å². The summed E-state index contributed by atoms with van der Waals surface area (Å²) in [5.41, 5.74) is 1.42.